The van der Waals surface area contributed by atoms with Crippen LogP contribution < -0.4 is 4.72 Å². The second kappa shape index (κ2) is 7.69. The van der Waals surface area contributed by atoms with Crippen LogP contribution in [0, 0.1) is 0 Å². The monoisotopic (exact) mass is 432 g/mol. The Kier molecular flexibility index (Phi) is 5.27. The number of thiophene rings is 2. The quantitative estimate of drug-likeness (QED) is 0.651. The van der Waals surface area contributed by atoms with E-state index in [1.165, 1.54) is 22.7 Å². The van der Waals surface area contributed by atoms with Crippen LogP contribution in [0.1, 0.15) is 32.6 Å². The predicted octanol–water partition coefficient (Wildman–Crippen LogP) is 4.37. The van der Waals surface area contributed by atoms with Gasteiger partial charge in [-0.15, -0.1) is 22.7 Å². The van der Waals surface area contributed by atoms with E-state index >= 15 is 0 Å². The summed E-state index contributed by atoms with van der Waals surface area (Å²) in [5, 5.41) is 1.90. The van der Waals surface area contributed by atoms with Gasteiger partial charge in [-0.2, -0.15) is 0 Å². The van der Waals surface area contributed by atoms with Gasteiger partial charge in [-0.25, -0.2) is 8.42 Å². The first-order valence-corrected chi connectivity index (χ1v) is 12.2. The first kappa shape index (κ1) is 19.2. The average molecular weight is 433 g/mol. The van der Waals surface area contributed by atoms with Crippen molar-refractivity contribution < 1.29 is 13.2 Å². The van der Waals surface area contributed by atoms with Gasteiger partial charge in [0, 0.05) is 23.7 Å². The molecule has 0 radical (unpaired) electrons. The van der Waals surface area contributed by atoms with Crippen LogP contribution in [0.4, 0.5) is 5.69 Å². The molecular formula is C20H20N2O3S3. The first-order valence-electron chi connectivity index (χ1n) is 9.02. The summed E-state index contributed by atoms with van der Waals surface area (Å²) in [4.78, 5) is 16.2. The van der Waals surface area contributed by atoms with Gasteiger partial charge in [0.1, 0.15) is 4.21 Å². The molecule has 3 aromatic rings. The zero-order chi connectivity index (χ0) is 19.7. The molecule has 28 heavy (non-hydrogen) atoms. The third-order valence-electron chi connectivity index (χ3n) is 4.74. The zero-order valence-electron chi connectivity index (χ0n) is 15.3. The van der Waals surface area contributed by atoms with Crippen molar-refractivity contribution in [3.63, 3.8) is 0 Å². The second-order valence-corrected chi connectivity index (χ2v) is 10.6. The van der Waals surface area contributed by atoms with E-state index in [-0.39, 0.29) is 5.91 Å². The van der Waals surface area contributed by atoms with Gasteiger partial charge in [-0.3, -0.25) is 9.52 Å². The molecule has 3 heterocycles. The van der Waals surface area contributed by atoms with Crippen molar-refractivity contribution in [1.29, 1.82) is 0 Å². The summed E-state index contributed by atoms with van der Waals surface area (Å²) in [5.41, 5.74) is 2.66. The lowest BCUT2D eigenvalue weighted by Crippen LogP contribution is -2.35. The van der Waals surface area contributed by atoms with Crippen LogP contribution in [0.15, 0.2) is 52.1 Å². The topological polar surface area (TPSA) is 66.5 Å². The largest absolute Gasteiger partial charge is 0.333 e. The molecule has 1 amide bonds. The molecule has 0 unspecified atom stereocenters. The molecule has 1 aromatic carbocycles. The Morgan fingerprint density at radius 2 is 2.04 bits per heavy atom. The minimum absolute atomic E-state index is 0.0253. The zero-order valence-corrected chi connectivity index (χ0v) is 17.8. The highest BCUT2D eigenvalue weighted by atomic mass is 32.2. The van der Waals surface area contributed by atoms with Crippen molar-refractivity contribution in [1.82, 2.24) is 4.90 Å². The summed E-state index contributed by atoms with van der Waals surface area (Å²) in [7, 11) is -3.60. The standard InChI is InChI=1S/C20H20N2O3S3/c1-2-17-7-8-19(27-17)28(24,25)21-16-6-5-14-9-10-22(13-15(14)12-16)20(23)18-4-3-11-26-18/h3-8,11-12,21H,2,9-10,13H2,1H3. The Morgan fingerprint density at radius 1 is 1.18 bits per heavy atom. The van der Waals surface area contributed by atoms with Gasteiger partial charge in [-0.05, 0) is 59.7 Å². The minimum atomic E-state index is -3.60. The molecule has 5 nitrogen and oxygen atoms in total. The van der Waals surface area contributed by atoms with E-state index in [2.05, 4.69) is 4.72 Å². The van der Waals surface area contributed by atoms with Crippen LogP contribution in [0.5, 0.6) is 0 Å². The van der Waals surface area contributed by atoms with Gasteiger partial charge in [0.05, 0.1) is 4.88 Å². The number of aryl methyl sites for hydroxylation is 1. The highest BCUT2D eigenvalue weighted by Crippen LogP contribution is 2.28. The van der Waals surface area contributed by atoms with Crippen molar-refractivity contribution in [2.24, 2.45) is 0 Å². The van der Waals surface area contributed by atoms with E-state index in [1.54, 1.807) is 12.1 Å². The molecule has 0 saturated heterocycles. The maximum atomic E-state index is 12.7. The van der Waals surface area contributed by atoms with Crippen molar-refractivity contribution >= 4 is 44.3 Å². The molecule has 146 valence electrons. The molecule has 1 N–H and O–H groups in total. The fraction of sp³-hybridized carbons (Fsp3) is 0.250. The molecule has 4 rings (SSSR count). The highest BCUT2D eigenvalue weighted by Gasteiger charge is 2.23. The summed E-state index contributed by atoms with van der Waals surface area (Å²) >= 11 is 2.73. The van der Waals surface area contributed by atoms with Crippen molar-refractivity contribution in [3.8, 4) is 0 Å². The fourth-order valence-electron chi connectivity index (χ4n) is 3.25. The number of anilines is 1. The summed E-state index contributed by atoms with van der Waals surface area (Å²) in [5.74, 6) is 0.0253. The number of nitrogens with one attached hydrogen (secondary N) is 1. The number of fused-ring (bicyclic) bond motifs is 1. The maximum absolute atomic E-state index is 12.7. The molecule has 0 spiro atoms. The Labute approximate surface area is 172 Å². The lowest BCUT2D eigenvalue weighted by atomic mass is 9.99. The molecule has 0 saturated carbocycles. The lowest BCUT2D eigenvalue weighted by molar-refractivity contribution is 0.0739. The SMILES string of the molecule is CCc1ccc(S(=O)(=O)Nc2ccc3c(c2)CN(C(=O)c2cccs2)CC3)s1. The minimum Gasteiger partial charge on any atom is -0.333 e. The van der Waals surface area contributed by atoms with Crippen molar-refractivity contribution in [2.75, 3.05) is 11.3 Å². The van der Waals surface area contributed by atoms with Gasteiger partial charge in [0.15, 0.2) is 0 Å². The first-order chi connectivity index (χ1) is 13.5. The van der Waals surface area contributed by atoms with Crippen LogP contribution in [-0.2, 0) is 29.4 Å². The predicted molar refractivity (Wildman–Crippen MR) is 114 cm³/mol. The molecule has 8 heteroatoms. The maximum Gasteiger partial charge on any atom is 0.271 e. The van der Waals surface area contributed by atoms with Crippen LogP contribution in [-0.4, -0.2) is 25.8 Å². The van der Waals surface area contributed by atoms with Crippen molar-refractivity contribution in [3.05, 3.63) is 68.7 Å². The van der Waals surface area contributed by atoms with Gasteiger partial charge in [0.25, 0.3) is 15.9 Å². The summed E-state index contributed by atoms with van der Waals surface area (Å²) < 4.78 is 28.3. The molecule has 0 bridgehead atoms. The summed E-state index contributed by atoms with van der Waals surface area (Å²) in [6.45, 7) is 3.16. The number of benzene rings is 1. The second-order valence-electron chi connectivity index (χ2n) is 6.62. The van der Waals surface area contributed by atoms with E-state index < -0.39 is 10.0 Å². The normalized spacial score (nSPS) is 14.0. The molecule has 2 aromatic heterocycles. The molecule has 1 aliphatic heterocycles. The smallest absolute Gasteiger partial charge is 0.271 e. The number of amides is 1. The molecule has 0 atom stereocenters. The molecule has 0 aliphatic carbocycles. The number of rotatable bonds is 5. The number of carbonyl (C=O) groups is 1. The lowest BCUT2D eigenvalue weighted by Gasteiger charge is -2.29. The van der Waals surface area contributed by atoms with E-state index in [0.29, 0.717) is 23.0 Å². The van der Waals surface area contributed by atoms with Gasteiger partial charge >= 0.3 is 0 Å². The van der Waals surface area contributed by atoms with Gasteiger partial charge in [0.2, 0.25) is 0 Å². The Morgan fingerprint density at radius 3 is 2.75 bits per heavy atom. The third-order valence-corrected chi connectivity index (χ3v) is 8.70. The number of sulfonamides is 1. The highest BCUT2D eigenvalue weighted by molar-refractivity contribution is 7.94. The van der Waals surface area contributed by atoms with E-state index in [1.807, 2.05) is 47.5 Å². The van der Waals surface area contributed by atoms with Crippen LogP contribution in [0.2, 0.25) is 0 Å². The average Bonchev–Trinajstić information content (AvgIpc) is 3.38. The van der Waals surface area contributed by atoms with Crippen LogP contribution in [0.3, 0.4) is 0 Å². The summed E-state index contributed by atoms with van der Waals surface area (Å²) in [6.07, 6.45) is 1.58. The number of hydrogen-bond acceptors (Lipinski definition) is 5. The fourth-order valence-corrected chi connectivity index (χ4v) is 6.28. The number of hydrogen-bond donors (Lipinski definition) is 1. The third kappa shape index (κ3) is 3.85. The molecular weight excluding hydrogens is 412 g/mol. The van der Waals surface area contributed by atoms with E-state index in [9.17, 15) is 13.2 Å². The van der Waals surface area contributed by atoms with Gasteiger partial charge < -0.3 is 4.90 Å². The van der Waals surface area contributed by atoms with Gasteiger partial charge in [-0.1, -0.05) is 19.1 Å². The number of carbonyl (C=O) groups excluding carboxylic acids is 1. The van der Waals surface area contributed by atoms with Crippen molar-refractivity contribution in [2.45, 2.75) is 30.5 Å². The Balaban J connectivity index is 1.54. The van der Waals surface area contributed by atoms with E-state index in [0.717, 1.165) is 33.7 Å². The Hall–Kier alpha value is -2.16. The Bertz CT molecular complexity index is 1100. The van der Waals surface area contributed by atoms with Crippen LogP contribution in [0.25, 0.3) is 0 Å². The van der Waals surface area contributed by atoms with E-state index in [4.69, 9.17) is 0 Å². The van der Waals surface area contributed by atoms with Crippen LogP contribution >= 0.6 is 22.7 Å². The molecule has 1 aliphatic rings. The molecule has 0 fully saturated rings. The summed E-state index contributed by atoms with van der Waals surface area (Å²) in [6, 6.07) is 12.8. The number of nitrogens with zero attached hydrogens (tertiary/aromatic N) is 1.